The third kappa shape index (κ3) is 2.35. The molecule has 172 valence electrons. The van der Waals surface area contributed by atoms with E-state index in [1.807, 2.05) is 0 Å². The minimum absolute atomic E-state index is 0.0896. The quantitative estimate of drug-likeness (QED) is 0.595. The monoisotopic (exact) mass is 426 g/mol. The van der Waals surface area contributed by atoms with Gasteiger partial charge in [0.1, 0.15) is 11.6 Å². The summed E-state index contributed by atoms with van der Waals surface area (Å²) >= 11 is 0. The Morgan fingerprint density at radius 3 is 2.32 bits per heavy atom. The van der Waals surface area contributed by atoms with E-state index in [2.05, 4.69) is 53.7 Å². The molecule has 6 fully saturated rings. The molecule has 0 saturated heterocycles. The molecule has 3 heteroatoms. The molecule has 0 aromatic heterocycles. The average molecular weight is 427 g/mol. The molecular weight excluding hydrogens is 384 g/mol. The van der Waals surface area contributed by atoms with Crippen molar-refractivity contribution in [3.63, 3.8) is 0 Å². The minimum Gasteiger partial charge on any atom is -0.388 e. The molecule has 0 unspecified atom stereocenters. The smallest absolute Gasteiger partial charge is 0.139 e. The summed E-state index contributed by atoms with van der Waals surface area (Å²) in [5.74, 6) is 2.18. The van der Waals surface area contributed by atoms with Gasteiger partial charge in [-0.05, 0) is 72.5 Å². The predicted molar refractivity (Wildman–Crippen MR) is 122 cm³/mol. The van der Waals surface area contributed by atoms with Crippen LogP contribution in [-0.2, 0) is 9.59 Å². The fourth-order valence-electron chi connectivity index (χ4n) is 10.0. The van der Waals surface area contributed by atoms with E-state index in [-0.39, 0.29) is 28.3 Å². The van der Waals surface area contributed by atoms with Crippen LogP contribution in [0, 0.1) is 57.7 Å². The standard InChI is InChI=1S/C28H42O3/c1-16(2)17(3)7-8-18(4)19-9-14-28(31)24-20(29)10-12-25(5)22-11-13-26(19,6)27(22,28)15-21(30)23(24)25/h7-8,16-19,22-24,31H,9-15H2,1-6H3/t17-,18+,19+,22+,23+,24+,25+,26+,27+,28-/m0/s1. The van der Waals surface area contributed by atoms with Gasteiger partial charge in [0.25, 0.3) is 0 Å². The van der Waals surface area contributed by atoms with Gasteiger partial charge in [-0.15, -0.1) is 0 Å². The highest BCUT2D eigenvalue weighted by molar-refractivity contribution is 5.96. The third-order valence-electron chi connectivity index (χ3n) is 11.8. The van der Waals surface area contributed by atoms with Crippen molar-refractivity contribution in [1.82, 2.24) is 0 Å². The molecule has 1 N–H and O–H groups in total. The maximum absolute atomic E-state index is 13.6. The molecule has 6 saturated carbocycles. The normalized spacial score (nSPS) is 52.6. The van der Waals surface area contributed by atoms with Crippen LogP contribution in [-0.4, -0.2) is 22.3 Å². The number of Topliss-reactive ketones (excluding diaryl/α,β-unsaturated/α-hetero) is 2. The van der Waals surface area contributed by atoms with Crippen LogP contribution < -0.4 is 0 Å². The van der Waals surface area contributed by atoms with Gasteiger partial charge in [-0.2, -0.15) is 0 Å². The van der Waals surface area contributed by atoms with Crippen molar-refractivity contribution in [3.05, 3.63) is 12.2 Å². The molecule has 0 aromatic carbocycles. The zero-order chi connectivity index (χ0) is 22.6. The van der Waals surface area contributed by atoms with Gasteiger partial charge in [-0.25, -0.2) is 0 Å². The average Bonchev–Trinajstić information content (AvgIpc) is 3.02. The Labute approximate surface area is 188 Å². The van der Waals surface area contributed by atoms with Gasteiger partial charge in [0.15, 0.2) is 0 Å². The zero-order valence-electron chi connectivity index (χ0n) is 20.4. The number of carbonyl (C=O) groups is 2. The van der Waals surface area contributed by atoms with Crippen molar-refractivity contribution in [1.29, 1.82) is 0 Å². The zero-order valence-corrected chi connectivity index (χ0v) is 20.4. The Morgan fingerprint density at radius 2 is 1.65 bits per heavy atom. The summed E-state index contributed by atoms with van der Waals surface area (Å²) in [6.45, 7) is 13.9. The summed E-state index contributed by atoms with van der Waals surface area (Å²) in [4.78, 5) is 26.8. The van der Waals surface area contributed by atoms with Crippen LogP contribution >= 0.6 is 0 Å². The van der Waals surface area contributed by atoms with Gasteiger partial charge in [0, 0.05) is 24.2 Å². The Bertz CT molecular complexity index is 843. The number of ketones is 2. The summed E-state index contributed by atoms with van der Waals surface area (Å²) < 4.78 is 0. The second kappa shape index (κ2) is 6.55. The number of aliphatic hydroxyl groups is 1. The van der Waals surface area contributed by atoms with Gasteiger partial charge in [-0.1, -0.05) is 53.7 Å². The first-order valence-electron chi connectivity index (χ1n) is 12.9. The highest BCUT2D eigenvalue weighted by Crippen LogP contribution is 2.83. The van der Waals surface area contributed by atoms with E-state index in [0.717, 1.165) is 25.7 Å². The van der Waals surface area contributed by atoms with Crippen molar-refractivity contribution >= 4 is 11.6 Å². The molecular formula is C28H42O3. The van der Waals surface area contributed by atoms with Gasteiger partial charge in [-0.3, -0.25) is 9.59 Å². The van der Waals surface area contributed by atoms with Crippen LogP contribution in [0.4, 0.5) is 0 Å². The number of fused-ring (bicyclic) bond motifs is 1. The van der Waals surface area contributed by atoms with E-state index >= 15 is 0 Å². The molecule has 0 aromatic rings. The molecule has 31 heavy (non-hydrogen) atoms. The molecule has 10 atom stereocenters. The van der Waals surface area contributed by atoms with Crippen molar-refractivity contribution in [3.8, 4) is 0 Å². The number of hydrogen-bond donors (Lipinski definition) is 1. The summed E-state index contributed by atoms with van der Waals surface area (Å²) in [5, 5.41) is 12.4. The minimum atomic E-state index is -0.982. The number of rotatable bonds is 4. The van der Waals surface area contributed by atoms with Crippen molar-refractivity contribution < 1.29 is 14.7 Å². The summed E-state index contributed by atoms with van der Waals surface area (Å²) in [6.07, 6.45) is 10.5. The van der Waals surface area contributed by atoms with Gasteiger partial charge in [0.05, 0.1) is 11.5 Å². The van der Waals surface area contributed by atoms with Gasteiger partial charge in [0.2, 0.25) is 0 Å². The second-order valence-electron chi connectivity index (χ2n) is 13.0. The third-order valence-corrected chi connectivity index (χ3v) is 11.8. The predicted octanol–water partition coefficient (Wildman–Crippen LogP) is 5.60. The summed E-state index contributed by atoms with van der Waals surface area (Å²) in [7, 11) is 0. The number of carbonyl (C=O) groups excluding carboxylic acids is 2. The molecule has 0 aliphatic heterocycles. The Kier molecular flexibility index (Phi) is 4.62. The van der Waals surface area contributed by atoms with E-state index in [1.54, 1.807) is 0 Å². The second-order valence-corrected chi connectivity index (χ2v) is 13.0. The highest BCUT2D eigenvalue weighted by Gasteiger charge is 2.84. The summed E-state index contributed by atoms with van der Waals surface area (Å²) in [5.41, 5.74) is -1.60. The molecule has 6 aliphatic rings. The van der Waals surface area contributed by atoms with Crippen molar-refractivity contribution in [2.75, 3.05) is 0 Å². The van der Waals surface area contributed by atoms with E-state index in [4.69, 9.17) is 0 Å². The Morgan fingerprint density at radius 1 is 0.935 bits per heavy atom. The van der Waals surface area contributed by atoms with E-state index < -0.39 is 16.9 Å². The van der Waals surface area contributed by atoms with Crippen LogP contribution in [0.1, 0.15) is 86.5 Å². The van der Waals surface area contributed by atoms with Gasteiger partial charge < -0.3 is 5.11 Å². The maximum Gasteiger partial charge on any atom is 0.139 e. The lowest BCUT2D eigenvalue weighted by atomic mass is 9.28. The lowest BCUT2D eigenvalue weighted by Crippen LogP contribution is -2.80. The van der Waals surface area contributed by atoms with Crippen molar-refractivity contribution in [2.24, 2.45) is 57.7 Å². The Hall–Kier alpha value is -0.960. The van der Waals surface area contributed by atoms with Gasteiger partial charge >= 0.3 is 0 Å². The van der Waals surface area contributed by atoms with E-state index in [1.165, 1.54) is 0 Å². The van der Waals surface area contributed by atoms with Crippen LogP contribution in [0.5, 0.6) is 0 Å². The van der Waals surface area contributed by atoms with Crippen LogP contribution in [0.2, 0.25) is 0 Å². The number of hydrogen-bond acceptors (Lipinski definition) is 3. The molecule has 6 rings (SSSR count). The molecule has 4 bridgehead atoms. The van der Waals surface area contributed by atoms with Crippen LogP contribution in [0.3, 0.4) is 0 Å². The highest BCUT2D eigenvalue weighted by atomic mass is 16.3. The molecule has 0 heterocycles. The SMILES string of the molecule is CC(C)[C@@H](C)C=C[C@@H](C)[C@H]1CC[C@]2(O)[C@@H]3C(=O)CC[C@@]4(C)[C@@H]3C(=O)C[C@]23[C@@H]4CC[C@]13C. The summed E-state index contributed by atoms with van der Waals surface area (Å²) in [6, 6.07) is 0. The largest absolute Gasteiger partial charge is 0.388 e. The molecule has 6 aliphatic carbocycles. The van der Waals surface area contributed by atoms with E-state index in [9.17, 15) is 14.7 Å². The lowest BCUT2D eigenvalue weighted by molar-refractivity contribution is -0.312. The molecule has 0 radical (unpaired) electrons. The van der Waals surface area contributed by atoms with E-state index in [0.29, 0.717) is 48.9 Å². The maximum atomic E-state index is 13.6. The van der Waals surface area contributed by atoms with Crippen molar-refractivity contribution in [2.45, 2.75) is 92.1 Å². The molecule has 1 spiro atoms. The first kappa shape index (κ1) is 21.9. The molecule has 0 amide bonds. The fourth-order valence-corrected chi connectivity index (χ4v) is 10.0. The van der Waals surface area contributed by atoms with Crippen LogP contribution in [0.25, 0.3) is 0 Å². The first-order chi connectivity index (χ1) is 14.4. The lowest BCUT2D eigenvalue weighted by Gasteiger charge is -2.76. The first-order valence-corrected chi connectivity index (χ1v) is 12.9. The molecule has 3 nitrogen and oxygen atoms in total. The number of allylic oxidation sites excluding steroid dienone is 2. The topological polar surface area (TPSA) is 54.4 Å². The Balaban J connectivity index is 1.61. The fraction of sp³-hybridized carbons (Fsp3) is 0.857. The van der Waals surface area contributed by atoms with Crippen LogP contribution in [0.15, 0.2) is 12.2 Å².